The molecule has 3 nitrogen and oxygen atoms in total. The van der Waals surface area contributed by atoms with Crippen LogP contribution in [0.5, 0.6) is 0 Å². The lowest BCUT2D eigenvalue weighted by Gasteiger charge is -2.08. The van der Waals surface area contributed by atoms with Crippen LogP contribution in [0.25, 0.3) is 5.69 Å². The van der Waals surface area contributed by atoms with Crippen molar-refractivity contribution < 1.29 is 4.39 Å². The fraction of sp³-hybridized carbons (Fsp3) is 0.308. The lowest BCUT2D eigenvalue weighted by atomic mass is 10.0. The van der Waals surface area contributed by atoms with Gasteiger partial charge < -0.3 is 5.73 Å². The first-order valence-corrected chi connectivity index (χ1v) is 6.24. The summed E-state index contributed by atoms with van der Waals surface area (Å²) < 4.78 is 14.8. The Bertz CT molecular complexity index is 590. The van der Waals surface area contributed by atoms with Crippen LogP contribution < -0.4 is 5.73 Å². The minimum absolute atomic E-state index is 0.0646. The topological polar surface area (TPSA) is 43.8 Å². The molecule has 5 heteroatoms. The molecule has 0 aliphatic heterocycles. The molecule has 2 N–H and O–H groups in total. The molecule has 0 amide bonds. The highest BCUT2D eigenvalue weighted by Gasteiger charge is 2.44. The van der Waals surface area contributed by atoms with Gasteiger partial charge in [-0.15, -0.1) is 0 Å². The van der Waals surface area contributed by atoms with E-state index in [2.05, 4.69) is 5.10 Å². The third kappa shape index (κ3) is 1.82. The molecule has 0 bridgehead atoms. The van der Waals surface area contributed by atoms with Gasteiger partial charge >= 0.3 is 0 Å². The zero-order valence-corrected chi connectivity index (χ0v) is 10.5. The summed E-state index contributed by atoms with van der Waals surface area (Å²) in [5.41, 5.74) is 7.59. The molecule has 1 aromatic heterocycles. The molecule has 1 saturated carbocycles. The molecule has 18 heavy (non-hydrogen) atoms. The lowest BCUT2D eigenvalue weighted by Crippen LogP contribution is -2.20. The predicted octanol–water partition coefficient (Wildman–Crippen LogP) is 2.66. The molecule has 1 aliphatic carbocycles. The molecular formula is C13H13ClFN3. The Kier molecular flexibility index (Phi) is 2.64. The fourth-order valence-electron chi connectivity index (χ4n) is 2.09. The van der Waals surface area contributed by atoms with Gasteiger partial charge in [-0.25, -0.2) is 9.07 Å². The van der Waals surface area contributed by atoms with Gasteiger partial charge in [0.05, 0.1) is 16.4 Å². The van der Waals surface area contributed by atoms with Crippen LogP contribution in [0.1, 0.15) is 18.5 Å². The summed E-state index contributed by atoms with van der Waals surface area (Å²) in [5, 5.41) is 4.61. The Balaban J connectivity index is 1.95. The van der Waals surface area contributed by atoms with Gasteiger partial charge in [-0.3, -0.25) is 0 Å². The molecule has 94 valence electrons. The molecular weight excluding hydrogens is 253 g/mol. The Labute approximate surface area is 109 Å². The summed E-state index contributed by atoms with van der Waals surface area (Å²) in [6, 6.07) is 6.53. The summed E-state index contributed by atoms with van der Waals surface area (Å²) >= 11 is 5.76. The van der Waals surface area contributed by atoms with Gasteiger partial charge in [-0.2, -0.15) is 5.10 Å². The van der Waals surface area contributed by atoms with Crippen LogP contribution in [0.3, 0.4) is 0 Å². The van der Waals surface area contributed by atoms with E-state index < -0.39 is 5.82 Å². The van der Waals surface area contributed by atoms with Crippen LogP contribution in [0.2, 0.25) is 5.02 Å². The highest BCUT2D eigenvalue weighted by atomic mass is 35.5. The molecule has 1 heterocycles. The van der Waals surface area contributed by atoms with Crippen LogP contribution >= 0.6 is 11.6 Å². The van der Waals surface area contributed by atoms with Crippen LogP contribution in [-0.4, -0.2) is 16.3 Å². The second-order valence-electron chi connectivity index (χ2n) is 4.73. The van der Waals surface area contributed by atoms with E-state index in [0.717, 1.165) is 24.2 Å². The molecule has 0 radical (unpaired) electrons. The van der Waals surface area contributed by atoms with Crippen molar-refractivity contribution >= 4 is 11.6 Å². The van der Waals surface area contributed by atoms with E-state index in [-0.39, 0.29) is 10.4 Å². The maximum Gasteiger partial charge on any atom is 0.141 e. The monoisotopic (exact) mass is 265 g/mol. The Morgan fingerprint density at radius 2 is 2.17 bits per heavy atom. The molecule has 0 unspecified atom stereocenters. The van der Waals surface area contributed by atoms with E-state index in [1.165, 1.54) is 6.07 Å². The van der Waals surface area contributed by atoms with E-state index in [0.29, 0.717) is 6.54 Å². The quantitative estimate of drug-likeness (QED) is 0.927. The van der Waals surface area contributed by atoms with Crippen molar-refractivity contribution in [3.05, 3.63) is 47.0 Å². The fourth-order valence-corrected chi connectivity index (χ4v) is 2.27. The molecule has 0 atom stereocenters. The zero-order chi connectivity index (χ0) is 12.8. The minimum atomic E-state index is -0.423. The van der Waals surface area contributed by atoms with E-state index in [1.807, 2.05) is 12.3 Å². The Hall–Kier alpha value is -1.39. The minimum Gasteiger partial charge on any atom is -0.330 e. The Morgan fingerprint density at radius 1 is 1.39 bits per heavy atom. The number of benzene rings is 1. The third-order valence-corrected chi connectivity index (χ3v) is 3.83. The van der Waals surface area contributed by atoms with Crippen LogP contribution in [-0.2, 0) is 5.41 Å². The first kappa shape index (κ1) is 11.7. The van der Waals surface area contributed by atoms with E-state index in [4.69, 9.17) is 17.3 Å². The van der Waals surface area contributed by atoms with Crippen molar-refractivity contribution in [3.8, 4) is 5.69 Å². The molecule has 1 aliphatic rings. The molecule has 0 saturated heterocycles. The number of hydrogen-bond acceptors (Lipinski definition) is 2. The zero-order valence-electron chi connectivity index (χ0n) is 9.74. The summed E-state index contributed by atoms with van der Waals surface area (Å²) in [7, 11) is 0. The summed E-state index contributed by atoms with van der Waals surface area (Å²) in [6.45, 7) is 0.619. The number of halogens is 2. The van der Waals surface area contributed by atoms with Crippen molar-refractivity contribution in [2.24, 2.45) is 5.73 Å². The number of aromatic nitrogens is 2. The summed E-state index contributed by atoms with van der Waals surface area (Å²) in [5.74, 6) is -0.423. The second-order valence-corrected chi connectivity index (χ2v) is 5.14. The van der Waals surface area contributed by atoms with E-state index in [1.54, 1.807) is 16.8 Å². The molecule has 1 aromatic carbocycles. The van der Waals surface area contributed by atoms with Crippen molar-refractivity contribution in [2.45, 2.75) is 18.3 Å². The van der Waals surface area contributed by atoms with Gasteiger partial charge in [-0.05, 0) is 37.1 Å². The first-order valence-electron chi connectivity index (χ1n) is 5.86. The first-order chi connectivity index (χ1) is 8.64. The summed E-state index contributed by atoms with van der Waals surface area (Å²) in [6.07, 6.45) is 4.03. The maximum atomic E-state index is 13.1. The molecule has 2 aromatic rings. The smallest absolute Gasteiger partial charge is 0.141 e. The maximum absolute atomic E-state index is 13.1. The van der Waals surface area contributed by atoms with Crippen LogP contribution in [0.4, 0.5) is 4.39 Å². The SMILES string of the molecule is NCC1(c2ccn(-c3ccc(F)c(Cl)c3)n2)CC1. The van der Waals surface area contributed by atoms with Gasteiger partial charge in [0.15, 0.2) is 0 Å². The van der Waals surface area contributed by atoms with Crippen LogP contribution in [0, 0.1) is 5.82 Å². The highest BCUT2D eigenvalue weighted by Crippen LogP contribution is 2.46. The number of rotatable bonds is 3. The van der Waals surface area contributed by atoms with Crippen molar-refractivity contribution in [2.75, 3.05) is 6.54 Å². The average Bonchev–Trinajstić information content (AvgIpc) is 3.02. The lowest BCUT2D eigenvalue weighted by molar-refractivity contribution is 0.626. The van der Waals surface area contributed by atoms with E-state index in [9.17, 15) is 4.39 Å². The average molecular weight is 266 g/mol. The number of nitrogens with zero attached hydrogens (tertiary/aromatic N) is 2. The van der Waals surface area contributed by atoms with Gasteiger partial charge in [0.25, 0.3) is 0 Å². The van der Waals surface area contributed by atoms with Gasteiger partial charge in [0, 0.05) is 18.2 Å². The summed E-state index contributed by atoms with van der Waals surface area (Å²) in [4.78, 5) is 0. The van der Waals surface area contributed by atoms with Gasteiger partial charge in [0.1, 0.15) is 5.82 Å². The van der Waals surface area contributed by atoms with Crippen molar-refractivity contribution in [3.63, 3.8) is 0 Å². The second kappa shape index (κ2) is 4.07. The largest absolute Gasteiger partial charge is 0.330 e. The highest BCUT2D eigenvalue weighted by molar-refractivity contribution is 6.30. The van der Waals surface area contributed by atoms with Gasteiger partial charge in [0.2, 0.25) is 0 Å². The predicted molar refractivity (Wildman–Crippen MR) is 68.5 cm³/mol. The van der Waals surface area contributed by atoms with Crippen molar-refractivity contribution in [1.82, 2.24) is 9.78 Å². The van der Waals surface area contributed by atoms with Crippen molar-refractivity contribution in [1.29, 1.82) is 0 Å². The third-order valence-electron chi connectivity index (χ3n) is 3.54. The molecule has 1 fully saturated rings. The van der Waals surface area contributed by atoms with Gasteiger partial charge in [-0.1, -0.05) is 11.6 Å². The standard InChI is InChI=1S/C13H13ClFN3/c14-10-7-9(1-2-11(10)15)18-6-3-12(17-18)13(8-16)4-5-13/h1-3,6-7H,4-5,8,16H2. The number of nitrogens with two attached hydrogens (primary N) is 1. The number of hydrogen-bond donors (Lipinski definition) is 1. The van der Waals surface area contributed by atoms with E-state index >= 15 is 0 Å². The molecule has 0 spiro atoms. The van der Waals surface area contributed by atoms with Crippen LogP contribution in [0.15, 0.2) is 30.5 Å². The Morgan fingerprint density at radius 3 is 2.78 bits per heavy atom. The molecule has 3 rings (SSSR count). The normalized spacial score (nSPS) is 16.8.